The minimum absolute atomic E-state index is 0.120. The molecule has 0 radical (unpaired) electrons. The van der Waals surface area contributed by atoms with E-state index in [2.05, 4.69) is 6.92 Å². The molecule has 0 aromatic rings. The summed E-state index contributed by atoms with van der Waals surface area (Å²) in [4.78, 5) is 21.3. The molecular weight excluding hydrogens is 453 g/mol. The fourth-order valence-electron chi connectivity index (χ4n) is 3.47. The summed E-state index contributed by atoms with van der Waals surface area (Å²) in [6.45, 7) is 2.80. The van der Waals surface area contributed by atoms with E-state index in [1.165, 1.54) is 89.4 Å². The Bertz CT molecular complexity index is 562. The lowest BCUT2D eigenvalue weighted by atomic mass is 10.0. The number of hydrogen-bond donors (Lipinski definition) is 1. The van der Waals surface area contributed by atoms with Gasteiger partial charge in [-0.1, -0.05) is 96.8 Å². The Morgan fingerprint density at radius 2 is 1.26 bits per heavy atom. The molecule has 1 unspecified atom stereocenters. The summed E-state index contributed by atoms with van der Waals surface area (Å²) in [6, 6.07) is 0. The van der Waals surface area contributed by atoms with Crippen LogP contribution in [-0.4, -0.2) is 56.2 Å². The highest BCUT2D eigenvalue weighted by atomic mass is 31.2. The molecule has 0 fully saturated rings. The zero-order valence-corrected chi connectivity index (χ0v) is 23.4. The summed E-state index contributed by atoms with van der Waals surface area (Å²) in [5, 5.41) is 0. The Morgan fingerprint density at radius 3 is 1.74 bits per heavy atom. The van der Waals surface area contributed by atoms with Gasteiger partial charge in [-0.25, -0.2) is 4.57 Å². The Kier molecular flexibility index (Phi) is 21.1. The van der Waals surface area contributed by atoms with Crippen LogP contribution < -0.4 is 0 Å². The van der Waals surface area contributed by atoms with Gasteiger partial charge in [0.25, 0.3) is 0 Å². The summed E-state index contributed by atoms with van der Waals surface area (Å²) >= 11 is 0. The average Bonchev–Trinajstić information content (AvgIpc) is 2.75. The number of unbranched alkanes of at least 4 members (excludes halogenated alkanes) is 14. The first-order valence-electron chi connectivity index (χ1n) is 13.4. The van der Waals surface area contributed by atoms with E-state index in [4.69, 9.17) is 13.8 Å². The van der Waals surface area contributed by atoms with Crippen LogP contribution >= 0.6 is 7.82 Å². The zero-order valence-electron chi connectivity index (χ0n) is 22.5. The van der Waals surface area contributed by atoms with Crippen molar-refractivity contribution in [3.8, 4) is 0 Å². The molecule has 34 heavy (non-hydrogen) atoms. The summed E-state index contributed by atoms with van der Waals surface area (Å²) in [5.41, 5.74) is 0. The molecule has 0 saturated heterocycles. The Labute approximate surface area is 209 Å². The largest absolute Gasteiger partial charge is 0.472 e. The van der Waals surface area contributed by atoms with E-state index < -0.39 is 7.82 Å². The van der Waals surface area contributed by atoms with E-state index in [1.807, 2.05) is 21.1 Å². The number of likely N-dealkylation sites (N-methyl/N-ethyl adjacent to an activating group) is 1. The number of hydrogen-bond acceptors (Lipinski definition) is 5. The van der Waals surface area contributed by atoms with Crippen LogP contribution in [0.15, 0.2) is 12.3 Å². The minimum atomic E-state index is -4.09. The molecule has 0 bridgehead atoms. The molecule has 0 aliphatic heterocycles. The average molecular weight is 507 g/mol. The minimum Gasteiger partial charge on any atom is -0.435 e. The van der Waals surface area contributed by atoms with Gasteiger partial charge in [-0.05, 0) is 12.5 Å². The number of rotatable bonds is 24. The van der Waals surface area contributed by atoms with Crippen molar-refractivity contribution in [3.63, 3.8) is 0 Å². The molecule has 8 heteroatoms. The molecule has 0 aromatic carbocycles. The van der Waals surface area contributed by atoms with E-state index in [0.29, 0.717) is 17.4 Å². The smallest absolute Gasteiger partial charge is 0.435 e. The van der Waals surface area contributed by atoms with Crippen molar-refractivity contribution < 1.29 is 32.5 Å². The molecule has 0 spiro atoms. The molecule has 1 atom stereocenters. The van der Waals surface area contributed by atoms with Crippen LogP contribution in [0.1, 0.15) is 110 Å². The highest BCUT2D eigenvalue weighted by molar-refractivity contribution is 7.47. The van der Waals surface area contributed by atoms with Crippen molar-refractivity contribution in [2.75, 3.05) is 40.9 Å². The lowest BCUT2D eigenvalue weighted by molar-refractivity contribution is -0.870. The number of quaternary nitrogens is 1. The first-order valence-corrected chi connectivity index (χ1v) is 14.9. The summed E-state index contributed by atoms with van der Waals surface area (Å²) in [6.07, 6.45) is 22.3. The van der Waals surface area contributed by atoms with Gasteiger partial charge < -0.3 is 14.1 Å². The molecule has 0 rings (SSSR count). The Morgan fingerprint density at radius 1 is 0.794 bits per heavy atom. The van der Waals surface area contributed by atoms with Crippen LogP contribution in [0.2, 0.25) is 0 Å². The van der Waals surface area contributed by atoms with Crippen molar-refractivity contribution in [1.29, 1.82) is 0 Å². The van der Waals surface area contributed by atoms with Gasteiger partial charge in [0.15, 0.2) is 0 Å². The molecule has 0 aliphatic carbocycles. The van der Waals surface area contributed by atoms with Crippen molar-refractivity contribution in [3.05, 3.63) is 12.3 Å². The maximum Gasteiger partial charge on any atom is 0.472 e. The molecular formula is C26H53NO6P+. The van der Waals surface area contributed by atoms with E-state index in [9.17, 15) is 14.3 Å². The fourth-order valence-corrected chi connectivity index (χ4v) is 4.13. The molecule has 7 nitrogen and oxygen atoms in total. The van der Waals surface area contributed by atoms with Gasteiger partial charge in [0.05, 0.1) is 34.0 Å². The Hall–Kier alpha value is -0.720. The molecule has 0 aliphatic rings. The van der Waals surface area contributed by atoms with Crippen LogP contribution in [0.25, 0.3) is 0 Å². The number of esters is 1. The normalized spacial score (nSPS) is 13.9. The predicted octanol–water partition coefficient (Wildman–Crippen LogP) is 7.14. The van der Waals surface area contributed by atoms with E-state index in [-0.39, 0.29) is 19.2 Å². The van der Waals surface area contributed by atoms with Crippen LogP contribution in [-0.2, 0) is 23.1 Å². The molecule has 0 aromatic heterocycles. The monoisotopic (exact) mass is 506 g/mol. The zero-order chi connectivity index (χ0) is 25.5. The van der Waals surface area contributed by atoms with Gasteiger partial charge in [0.2, 0.25) is 0 Å². The molecule has 1 N–H and O–H groups in total. The standard InChI is InChI=1S/C26H52NO6P/c1-5-6-7-8-9-10-11-12-13-14-15-16-17-18-19-21-26(28)31-23-20-24-32-34(29,30)33-25-22-27(2,3)4/h20,23H,5-19,21-22,24-25H2,1-4H3/p+1/b23-20+. The van der Waals surface area contributed by atoms with Crippen LogP contribution in [0.5, 0.6) is 0 Å². The molecule has 0 amide bonds. The van der Waals surface area contributed by atoms with Gasteiger partial charge in [-0.2, -0.15) is 0 Å². The highest BCUT2D eigenvalue weighted by Gasteiger charge is 2.21. The maximum absolute atomic E-state index is 11.7. The fraction of sp³-hybridized carbons (Fsp3) is 0.885. The maximum atomic E-state index is 11.7. The second-order valence-corrected chi connectivity index (χ2v) is 11.6. The summed E-state index contributed by atoms with van der Waals surface area (Å²) < 4.78 is 27.1. The molecule has 0 heterocycles. The van der Waals surface area contributed by atoms with E-state index in [0.717, 1.165) is 19.3 Å². The molecule has 202 valence electrons. The summed E-state index contributed by atoms with van der Waals surface area (Å²) in [7, 11) is 1.79. The number of ether oxygens (including phenoxy) is 1. The molecule has 0 saturated carbocycles. The topological polar surface area (TPSA) is 82.1 Å². The van der Waals surface area contributed by atoms with Crippen LogP contribution in [0, 0.1) is 0 Å². The van der Waals surface area contributed by atoms with Crippen molar-refractivity contribution in [2.24, 2.45) is 0 Å². The number of carbonyl (C=O) groups is 1. The highest BCUT2D eigenvalue weighted by Crippen LogP contribution is 2.42. The van der Waals surface area contributed by atoms with E-state index in [1.54, 1.807) is 0 Å². The lowest BCUT2D eigenvalue weighted by Crippen LogP contribution is -2.37. The van der Waals surface area contributed by atoms with Gasteiger partial charge in [0.1, 0.15) is 13.2 Å². The van der Waals surface area contributed by atoms with Crippen LogP contribution in [0.3, 0.4) is 0 Å². The van der Waals surface area contributed by atoms with Crippen molar-refractivity contribution >= 4 is 13.8 Å². The summed E-state index contributed by atoms with van der Waals surface area (Å²) in [5.74, 6) is -0.294. The number of phosphoric acid groups is 1. The van der Waals surface area contributed by atoms with Crippen molar-refractivity contribution in [1.82, 2.24) is 0 Å². The van der Waals surface area contributed by atoms with Gasteiger partial charge in [-0.15, -0.1) is 0 Å². The lowest BCUT2D eigenvalue weighted by Gasteiger charge is -2.23. The van der Waals surface area contributed by atoms with Gasteiger partial charge in [-0.3, -0.25) is 13.8 Å². The quantitative estimate of drug-likeness (QED) is 0.0492. The number of carbonyl (C=O) groups excluding carboxylic acids is 1. The first kappa shape index (κ1) is 33.3. The van der Waals surface area contributed by atoms with Gasteiger partial charge in [0, 0.05) is 6.42 Å². The van der Waals surface area contributed by atoms with Crippen LogP contribution in [0.4, 0.5) is 0 Å². The van der Waals surface area contributed by atoms with Crippen molar-refractivity contribution in [2.45, 2.75) is 110 Å². The third-order valence-electron chi connectivity index (χ3n) is 5.63. The third kappa shape index (κ3) is 25.9. The Balaban J connectivity index is 3.48. The third-order valence-corrected chi connectivity index (χ3v) is 6.61. The second kappa shape index (κ2) is 21.6. The van der Waals surface area contributed by atoms with Gasteiger partial charge >= 0.3 is 13.8 Å². The SMILES string of the molecule is CCCCCCCCCCCCCCCCCC(=O)O/C=C/COP(=O)(O)OCC[N+](C)(C)C. The first-order chi connectivity index (χ1) is 16.2. The predicted molar refractivity (Wildman–Crippen MR) is 139 cm³/mol. The number of nitrogens with zero attached hydrogens (tertiary/aromatic N) is 1. The second-order valence-electron chi connectivity index (χ2n) is 10.2. The van der Waals surface area contributed by atoms with E-state index >= 15 is 0 Å². The number of phosphoric ester groups is 1.